The van der Waals surface area contributed by atoms with Crippen molar-refractivity contribution < 1.29 is 0 Å². The van der Waals surface area contributed by atoms with Crippen LogP contribution in [-0.4, -0.2) is 47.1 Å². The Kier molecular flexibility index (Phi) is 4.99. The van der Waals surface area contributed by atoms with Gasteiger partial charge in [-0.25, -0.2) is 9.97 Å². The molecule has 4 nitrogen and oxygen atoms in total. The van der Waals surface area contributed by atoms with Gasteiger partial charge in [0.05, 0.1) is 5.88 Å². The number of alkyl halides is 1. The molecule has 2 rings (SSSR count). The molecule has 1 aromatic heterocycles. The zero-order chi connectivity index (χ0) is 13.8. The lowest BCUT2D eigenvalue weighted by molar-refractivity contribution is 0.192. The minimum Gasteiger partial charge on any atom is -0.338 e. The van der Waals surface area contributed by atoms with Gasteiger partial charge in [0.2, 0.25) is 5.95 Å². The quantitative estimate of drug-likeness (QED) is 0.794. The Balaban J connectivity index is 1.99. The Morgan fingerprint density at radius 2 is 2.00 bits per heavy atom. The lowest BCUT2D eigenvalue weighted by atomic mass is 10.2. The molecule has 0 aromatic carbocycles. The van der Waals surface area contributed by atoms with E-state index in [0.717, 1.165) is 43.4 Å². The Morgan fingerprint density at radius 1 is 1.32 bits per heavy atom. The Bertz CT molecular complexity index is 416. The Hall–Kier alpha value is -0.870. The first-order valence-electron chi connectivity index (χ1n) is 7.03. The maximum Gasteiger partial charge on any atom is 0.225 e. The van der Waals surface area contributed by atoms with Gasteiger partial charge in [-0.2, -0.15) is 0 Å². The van der Waals surface area contributed by atoms with Crippen LogP contribution in [-0.2, 0) is 5.88 Å². The summed E-state index contributed by atoms with van der Waals surface area (Å²) in [6.45, 7) is 10.7. The molecule has 1 atom stereocenters. The second-order valence-corrected chi connectivity index (χ2v) is 5.46. The number of piperazine rings is 1. The summed E-state index contributed by atoms with van der Waals surface area (Å²) >= 11 is 5.84. The average Bonchev–Trinajstić information content (AvgIpc) is 2.46. The largest absolute Gasteiger partial charge is 0.338 e. The Labute approximate surface area is 120 Å². The lowest BCUT2D eigenvalue weighted by Crippen LogP contribution is -2.50. The number of rotatable bonds is 4. The van der Waals surface area contributed by atoms with Crippen LogP contribution in [0.4, 0.5) is 5.95 Å². The fourth-order valence-corrected chi connectivity index (χ4v) is 2.65. The molecule has 1 fully saturated rings. The van der Waals surface area contributed by atoms with E-state index in [2.05, 4.69) is 33.6 Å². The van der Waals surface area contributed by atoms with Gasteiger partial charge in [-0.1, -0.05) is 6.92 Å². The van der Waals surface area contributed by atoms with Gasteiger partial charge in [-0.05, 0) is 20.3 Å². The highest BCUT2D eigenvalue weighted by Crippen LogP contribution is 2.16. The summed E-state index contributed by atoms with van der Waals surface area (Å²) in [4.78, 5) is 13.8. The van der Waals surface area contributed by atoms with E-state index in [4.69, 9.17) is 11.6 Å². The SMILES string of the molecule is CCC(C)N1CCN(c2ncc(CCl)c(C)n2)CC1. The molecule has 1 unspecified atom stereocenters. The van der Waals surface area contributed by atoms with Crippen LogP contribution in [0.2, 0.25) is 0 Å². The van der Waals surface area contributed by atoms with Crippen LogP contribution in [0, 0.1) is 6.92 Å². The van der Waals surface area contributed by atoms with Crippen LogP contribution in [0.5, 0.6) is 0 Å². The van der Waals surface area contributed by atoms with E-state index in [-0.39, 0.29) is 0 Å². The second kappa shape index (κ2) is 6.53. The third-order valence-electron chi connectivity index (χ3n) is 4.02. The first-order chi connectivity index (χ1) is 9.15. The third kappa shape index (κ3) is 3.37. The van der Waals surface area contributed by atoms with Gasteiger partial charge in [0.1, 0.15) is 0 Å². The molecule has 0 aliphatic carbocycles. The molecule has 0 saturated carbocycles. The molecule has 0 amide bonds. The predicted molar refractivity (Wildman–Crippen MR) is 79.9 cm³/mol. The van der Waals surface area contributed by atoms with Crippen LogP contribution in [0.1, 0.15) is 31.5 Å². The molecule has 0 spiro atoms. The number of hydrogen-bond acceptors (Lipinski definition) is 4. The van der Waals surface area contributed by atoms with Gasteiger partial charge < -0.3 is 4.90 Å². The molecule has 1 aliphatic rings. The van der Waals surface area contributed by atoms with Gasteiger partial charge in [0, 0.05) is 49.7 Å². The maximum absolute atomic E-state index is 5.84. The zero-order valence-electron chi connectivity index (χ0n) is 12.1. The molecular formula is C14H23ClN4. The van der Waals surface area contributed by atoms with Crippen LogP contribution in [0.3, 0.4) is 0 Å². The van der Waals surface area contributed by atoms with Crippen molar-refractivity contribution in [3.05, 3.63) is 17.5 Å². The van der Waals surface area contributed by atoms with E-state index in [1.165, 1.54) is 6.42 Å². The Morgan fingerprint density at radius 3 is 2.53 bits per heavy atom. The molecule has 0 N–H and O–H groups in total. The van der Waals surface area contributed by atoms with Gasteiger partial charge in [0.25, 0.3) is 0 Å². The van der Waals surface area contributed by atoms with E-state index in [9.17, 15) is 0 Å². The van der Waals surface area contributed by atoms with Crippen molar-refractivity contribution in [2.75, 3.05) is 31.1 Å². The van der Waals surface area contributed by atoms with E-state index >= 15 is 0 Å². The van der Waals surface area contributed by atoms with Gasteiger partial charge in [-0.3, -0.25) is 4.90 Å². The molecule has 0 radical (unpaired) electrons. The number of hydrogen-bond donors (Lipinski definition) is 0. The fraction of sp³-hybridized carbons (Fsp3) is 0.714. The second-order valence-electron chi connectivity index (χ2n) is 5.19. The number of halogens is 1. The molecule has 1 aliphatic heterocycles. The normalized spacial score (nSPS) is 18.6. The van der Waals surface area contributed by atoms with Crippen molar-refractivity contribution in [3.8, 4) is 0 Å². The highest BCUT2D eigenvalue weighted by atomic mass is 35.5. The van der Waals surface area contributed by atoms with Gasteiger partial charge >= 0.3 is 0 Å². The highest BCUT2D eigenvalue weighted by molar-refractivity contribution is 6.17. The molecule has 19 heavy (non-hydrogen) atoms. The summed E-state index contributed by atoms with van der Waals surface area (Å²) in [6.07, 6.45) is 3.06. The lowest BCUT2D eigenvalue weighted by Gasteiger charge is -2.37. The topological polar surface area (TPSA) is 32.3 Å². The zero-order valence-corrected chi connectivity index (χ0v) is 12.8. The number of anilines is 1. The fourth-order valence-electron chi connectivity index (χ4n) is 2.38. The molecule has 1 aromatic rings. The molecule has 5 heteroatoms. The molecule has 0 bridgehead atoms. The summed E-state index contributed by atoms with van der Waals surface area (Å²) in [5.41, 5.74) is 2.01. The molecule has 106 valence electrons. The average molecular weight is 283 g/mol. The van der Waals surface area contributed by atoms with E-state index in [1.807, 2.05) is 13.1 Å². The molecule has 2 heterocycles. The van der Waals surface area contributed by atoms with Crippen molar-refractivity contribution in [1.82, 2.24) is 14.9 Å². The van der Waals surface area contributed by atoms with Crippen LogP contribution >= 0.6 is 11.6 Å². The minimum atomic E-state index is 0.480. The molecular weight excluding hydrogens is 260 g/mol. The van der Waals surface area contributed by atoms with Crippen molar-refractivity contribution in [2.24, 2.45) is 0 Å². The van der Waals surface area contributed by atoms with Crippen molar-refractivity contribution in [1.29, 1.82) is 0 Å². The first kappa shape index (κ1) is 14.5. The van der Waals surface area contributed by atoms with E-state index in [0.29, 0.717) is 11.9 Å². The summed E-state index contributed by atoms with van der Waals surface area (Å²) in [6, 6.07) is 0.670. The van der Waals surface area contributed by atoms with Crippen LogP contribution < -0.4 is 4.90 Å². The van der Waals surface area contributed by atoms with Crippen molar-refractivity contribution in [3.63, 3.8) is 0 Å². The minimum absolute atomic E-state index is 0.480. The smallest absolute Gasteiger partial charge is 0.225 e. The highest BCUT2D eigenvalue weighted by Gasteiger charge is 2.21. The van der Waals surface area contributed by atoms with Gasteiger partial charge in [0.15, 0.2) is 0 Å². The van der Waals surface area contributed by atoms with Crippen molar-refractivity contribution in [2.45, 2.75) is 39.1 Å². The number of aromatic nitrogens is 2. The summed E-state index contributed by atoms with van der Waals surface area (Å²) in [5.74, 6) is 1.32. The molecule has 1 saturated heterocycles. The van der Waals surface area contributed by atoms with Crippen LogP contribution in [0.25, 0.3) is 0 Å². The van der Waals surface area contributed by atoms with Gasteiger partial charge in [-0.15, -0.1) is 11.6 Å². The number of aryl methyl sites for hydroxylation is 1. The third-order valence-corrected chi connectivity index (χ3v) is 4.31. The van der Waals surface area contributed by atoms with E-state index < -0.39 is 0 Å². The number of nitrogens with zero attached hydrogens (tertiary/aromatic N) is 4. The maximum atomic E-state index is 5.84. The van der Waals surface area contributed by atoms with Crippen LogP contribution in [0.15, 0.2) is 6.20 Å². The standard InChI is InChI=1S/C14H23ClN4/c1-4-11(2)18-5-7-19(8-6-18)14-16-10-13(9-15)12(3)17-14/h10-11H,4-9H2,1-3H3. The van der Waals surface area contributed by atoms with E-state index in [1.54, 1.807) is 0 Å². The summed E-state index contributed by atoms with van der Waals surface area (Å²) in [7, 11) is 0. The van der Waals surface area contributed by atoms with Crippen molar-refractivity contribution >= 4 is 17.5 Å². The summed E-state index contributed by atoms with van der Waals surface area (Å²) < 4.78 is 0. The summed E-state index contributed by atoms with van der Waals surface area (Å²) in [5, 5.41) is 0. The predicted octanol–water partition coefficient (Wildman–Crippen LogP) is 2.44. The monoisotopic (exact) mass is 282 g/mol. The first-order valence-corrected chi connectivity index (χ1v) is 7.56.